The van der Waals surface area contributed by atoms with E-state index < -0.39 is 6.61 Å². The first-order chi connectivity index (χ1) is 6.57. The SMILES string of the molecule is Cc1cccc(C)c1N(C)C(=O)CO. The standard InChI is InChI=1S/C11H15NO2/c1-8-5-4-6-9(2)11(8)12(3)10(14)7-13/h4-6,13H,7H2,1-3H3. The summed E-state index contributed by atoms with van der Waals surface area (Å²) in [6.45, 7) is 3.44. The number of carbonyl (C=O) groups is 1. The lowest BCUT2D eigenvalue weighted by Gasteiger charge is -2.20. The Kier molecular flexibility index (Phi) is 3.25. The monoisotopic (exact) mass is 193 g/mol. The fourth-order valence-corrected chi connectivity index (χ4v) is 1.57. The van der Waals surface area contributed by atoms with Crippen LogP contribution < -0.4 is 4.90 Å². The van der Waals surface area contributed by atoms with E-state index in [1.807, 2.05) is 32.0 Å². The number of amides is 1. The number of hydrogen-bond acceptors (Lipinski definition) is 2. The molecule has 1 amide bonds. The van der Waals surface area contributed by atoms with Crippen molar-refractivity contribution < 1.29 is 9.90 Å². The predicted molar refractivity (Wildman–Crippen MR) is 56.4 cm³/mol. The lowest BCUT2D eigenvalue weighted by Crippen LogP contribution is -2.30. The Balaban J connectivity index is 3.11. The minimum absolute atomic E-state index is 0.289. The summed E-state index contributed by atoms with van der Waals surface area (Å²) in [5, 5.41) is 8.76. The number of aliphatic hydroxyl groups is 1. The maximum atomic E-state index is 11.3. The number of aryl methyl sites for hydroxylation is 2. The quantitative estimate of drug-likeness (QED) is 0.768. The molecule has 0 aliphatic carbocycles. The molecule has 1 rings (SSSR count). The van der Waals surface area contributed by atoms with Crippen LogP contribution in [-0.4, -0.2) is 24.7 Å². The number of para-hydroxylation sites is 1. The second-order valence-electron chi connectivity index (χ2n) is 3.35. The zero-order chi connectivity index (χ0) is 10.7. The Labute approximate surface area is 84.0 Å². The van der Waals surface area contributed by atoms with Crippen LogP contribution in [-0.2, 0) is 4.79 Å². The maximum absolute atomic E-state index is 11.3. The molecule has 0 radical (unpaired) electrons. The molecule has 0 spiro atoms. The van der Waals surface area contributed by atoms with Gasteiger partial charge < -0.3 is 10.0 Å². The summed E-state index contributed by atoms with van der Waals surface area (Å²) in [4.78, 5) is 12.8. The van der Waals surface area contributed by atoms with Crippen LogP contribution in [0.3, 0.4) is 0 Å². The molecular formula is C11H15NO2. The molecule has 0 saturated heterocycles. The molecule has 0 aromatic heterocycles. The van der Waals surface area contributed by atoms with Crippen LogP contribution in [0.25, 0.3) is 0 Å². The van der Waals surface area contributed by atoms with Crippen molar-refractivity contribution in [3.8, 4) is 0 Å². The van der Waals surface area contributed by atoms with Crippen molar-refractivity contribution in [2.45, 2.75) is 13.8 Å². The normalized spacial score (nSPS) is 10.0. The molecular weight excluding hydrogens is 178 g/mol. The van der Waals surface area contributed by atoms with Crippen molar-refractivity contribution >= 4 is 11.6 Å². The van der Waals surface area contributed by atoms with E-state index in [1.54, 1.807) is 7.05 Å². The summed E-state index contributed by atoms with van der Waals surface area (Å²) in [6, 6.07) is 5.85. The fourth-order valence-electron chi connectivity index (χ4n) is 1.57. The molecule has 14 heavy (non-hydrogen) atoms. The highest BCUT2D eigenvalue weighted by Crippen LogP contribution is 2.23. The summed E-state index contributed by atoms with van der Waals surface area (Å²) in [7, 11) is 1.67. The largest absolute Gasteiger partial charge is 0.387 e. The van der Waals surface area contributed by atoms with E-state index in [0.29, 0.717) is 0 Å². The second-order valence-corrected chi connectivity index (χ2v) is 3.35. The van der Waals surface area contributed by atoms with Crippen LogP contribution in [0, 0.1) is 13.8 Å². The number of likely N-dealkylation sites (N-methyl/N-ethyl adjacent to an activating group) is 1. The average Bonchev–Trinajstić information content (AvgIpc) is 2.16. The summed E-state index contributed by atoms with van der Waals surface area (Å²) in [5.41, 5.74) is 2.95. The molecule has 1 aromatic carbocycles. The van der Waals surface area contributed by atoms with Crippen molar-refractivity contribution in [1.82, 2.24) is 0 Å². The lowest BCUT2D eigenvalue weighted by atomic mass is 10.1. The number of carbonyl (C=O) groups excluding carboxylic acids is 1. The van der Waals surface area contributed by atoms with Crippen molar-refractivity contribution in [2.75, 3.05) is 18.6 Å². The highest BCUT2D eigenvalue weighted by Gasteiger charge is 2.13. The highest BCUT2D eigenvalue weighted by molar-refractivity contribution is 5.95. The molecule has 0 aliphatic rings. The number of anilines is 1. The number of benzene rings is 1. The molecule has 1 aromatic rings. The van der Waals surface area contributed by atoms with Crippen molar-refractivity contribution in [2.24, 2.45) is 0 Å². The Hall–Kier alpha value is -1.35. The van der Waals surface area contributed by atoms with Gasteiger partial charge >= 0.3 is 0 Å². The first kappa shape index (κ1) is 10.7. The van der Waals surface area contributed by atoms with E-state index >= 15 is 0 Å². The summed E-state index contributed by atoms with van der Waals surface area (Å²) in [5.74, 6) is -0.289. The molecule has 1 N–H and O–H groups in total. The number of rotatable bonds is 2. The second kappa shape index (κ2) is 4.24. The van der Waals surface area contributed by atoms with Crippen LogP contribution in [0.5, 0.6) is 0 Å². The predicted octanol–water partition coefficient (Wildman–Crippen LogP) is 1.26. The molecule has 0 heterocycles. The van der Waals surface area contributed by atoms with Crippen LogP contribution in [0.4, 0.5) is 5.69 Å². The van der Waals surface area contributed by atoms with Crippen molar-refractivity contribution in [3.63, 3.8) is 0 Å². The van der Waals surface area contributed by atoms with Crippen LogP contribution in [0.15, 0.2) is 18.2 Å². The van der Waals surface area contributed by atoms with Gasteiger partial charge in [0, 0.05) is 12.7 Å². The van der Waals surface area contributed by atoms with E-state index in [1.165, 1.54) is 4.90 Å². The third-order valence-electron chi connectivity index (χ3n) is 2.28. The summed E-state index contributed by atoms with van der Waals surface area (Å²) < 4.78 is 0. The van der Waals surface area contributed by atoms with Gasteiger partial charge in [-0.2, -0.15) is 0 Å². The van der Waals surface area contributed by atoms with Gasteiger partial charge in [-0.3, -0.25) is 4.79 Å². The van der Waals surface area contributed by atoms with Crippen LogP contribution in [0.1, 0.15) is 11.1 Å². The van der Waals surface area contributed by atoms with E-state index in [4.69, 9.17) is 5.11 Å². The number of hydrogen-bond donors (Lipinski definition) is 1. The van der Waals surface area contributed by atoms with Gasteiger partial charge in [0.25, 0.3) is 5.91 Å². The smallest absolute Gasteiger partial charge is 0.252 e. The van der Waals surface area contributed by atoms with Gasteiger partial charge in [-0.15, -0.1) is 0 Å². The van der Waals surface area contributed by atoms with Gasteiger partial charge in [-0.05, 0) is 25.0 Å². The number of nitrogens with zero attached hydrogens (tertiary/aromatic N) is 1. The Bertz CT molecular complexity index is 327. The molecule has 0 atom stereocenters. The zero-order valence-electron chi connectivity index (χ0n) is 8.74. The van der Waals surface area contributed by atoms with Crippen LogP contribution >= 0.6 is 0 Å². The van der Waals surface area contributed by atoms with Gasteiger partial charge in [-0.1, -0.05) is 18.2 Å². The van der Waals surface area contributed by atoms with Gasteiger partial charge in [-0.25, -0.2) is 0 Å². The summed E-state index contributed by atoms with van der Waals surface area (Å²) in [6.07, 6.45) is 0. The van der Waals surface area contributed by atoms with Crippen molar-refractivity contribution in [1.29, 1.82) is 0 Å². The first-order valence-electron chi connectivity index (χ1n) is 4.51. The topological polar surface area (TPSA) is 40.5 Å². The Morgan fingerprint density at radius 1 is 1.36 bits per heavy atom. The highest BCUT2D eigenvalue weighted by atomic mass is 16.3. The molecule has 0 bridgehead atoms. The lowest BCUT2D eigenvalue weighted by molar-refractivity contribution is -0.120. The molecule has 0 aliphatic heterocycles. The summed E-state index contributed by atoms with van der Waals surface area (Å²) >= 11 is 0. The molecule has 76 valence electrons. The van der Waals surface area contributed by atoms with E-state index in [9.17, 15) is 4.79 Å². The fraction of sp³-hybridized carbons (Fsp3) is 0.364. The molecule has 3 heteroatoms. The Morgan fingerprint density at radius 3 is 2.29 bits per heavy atom. The van der Waals surface area contributed by atoms with Crippen LogP contribution in [0.2, 0.25) is 0 Å². The molecule has 0 unspecified atom stereocenters. The van der Waals surface area contributed by atoms with E-state index in [0.717, 1.165) is 16.8 Å². The van der Waals surface area contributed by atoms with Gasteiger partial charge in [0.15, 0.2) is 0 Å². The minimum Gasteiger partial charge on any atom is -0.387 e. The average molecular weight is 193 g/mol. The Morgan fingerprint density at radius 2 is 1.86 bits per heavy atom. The number of aliphatic hydroxyl groups excluding tert-OH is 1. The van der Waals surface area contributed by atoms with Crippen molar-refractivity contribution in [3.05, 3.63) is 29.3 Å². The first-order valence-corrected chi connectivity index (χ1v) is 4.51. The van der Waals surface area contributed by atoms with Gasteiger partial charge in [0.2, 0.25) is 0 Å². The van der Waals surface area contributed by atoms with E-state index in [2.05, 4.69) is 0 Å². The zero-order valence-corrected chi connectivity index (χ0v) is 8.74. The molecule has 3 nitrogen and oxygen atoms in total. The van der Waals surface area contributed by atoms with Gasteiger partial charge in [0.05, 0.1) is 0 Å². The molecule has 0 fully saturated rings. The maximum Gasteiger partial charge on any atom is 0.252 e. The third-order valence-corrected chi connectivity index (χ3v) is 2.28. The van der Waals surface area contributed by atoms with E-state index in [-0.39, 0.29) is 5.91 Å². The molecule has 0 saturated carbocycles. The third kappa shape index (κ3) is 1.93. The minimum atomic E-state index is -0.454. The van der Waals surface area contributed by atoms with Gasteiger partial charge in [0.1, 0.15) is 6.61 Å².